The van der Waals surface area contributed by atoms with Crippen LogP contribution < -0.4 is 0 Å². The number of allylic oxidation sites excluding steroid dienone is 2. The zero-order valence-corrected chi connectivity index (χ0v) is 29.9. The van der Waals surface area contributed by atoms with E-state index in [9.17, 15) is 9.90 Å². The molecule has 0 saturated carbocycles. The Kier molecular flexibility index (Phi) is 37.6. The molecule has 0 aromatic heterocycles. The van der Waals surface area contributed by atoms with Crippen molar-refractivity contribution >= 4 is 5.97 Å². The number of hydrogen-bond donors (Lipinski definition) is 1. The molecule has 0 bridgehead atoms. The molecule has 0 radical (unpaired) electrons. The van der Waals surface area contributed by atoms with E-state index in [1.807, 2.05) is 0 Å². The van der Waals surface area contributed by atoms with E-state index >= 15 is 0 Å². The molecular formula is C40H78O4. The van der Waals surface area contributed by atoms with Gasteiger partial charge in [0.2, 0.25) is 0 Å². The van der Waals surface area contributed by atoms with Crippen molar-refractivity contribution in [3.05, 3.63) is 12.2 Å². The number of ether oxygens (including phenoxy) is 2. The summed E-state index contributed by atoms with van der Waals surface area (Å²) in [6.07, 6.45) is 44.1. The molecule has 1 atom stereocenters. The van der Waals surface area contributed by atoms with Gasteiger partial charge in [-0.3, -0.25) is 4.79 Å². The summed E-state index contributed by atoms with van der Waals surface area (Å²) in [4.78, 5) is 12.1. The fraction of sp³-hybridized carbons (Fsp3) is 0.925. The Hall–Kier alpha value is -0.870. The van der Waals surface area contributed by atoms with E-state index in [1.165, 1.54) is 173 Å². The largest absolute Gasteiger partial charge is 0.457 e. The Morgan fingerprint density at radius 3 is 1.34 bits per heavy atom. The predicted molar refractivity (Wildman–Crippen MR) is 191 cm³/mol. The van der Waals surface area contributed by atoms with E-state index in [0.29, 0.717) is 19.6 Å². The summed E-state index contributed by atoms with van der Waals surface area (Å²) in [6, 6.07) is 0. The van der Waals surface area contributed by atoms with Crippen LogP contribution in [0.2, 0.25) is 0 Å². The van der Waals surface area contributed by atoms with Gasteiger partial charge in [0, 0.05) is 13.0 Å². The van der Waals surface area contributed by atoms with Gasteiger partial charge in [-0.1, -0.05) is 180 Å². The predicted octanol–water partition coefficient (Wildman–Crippen LogP) is 12.6. The lowest BCUT2D eigenvalue weighted by atomic mass is 10.0. The van der Waals surface area contributed by atoms with Gasteiger partial charge in [-0.15, -0.1) is 0 Å². The first-order chi connectivity index (χ1) is 21.7. The maximum absolute atomic E-state index is 12.1. The van der Waals surface area contributed by atoms with Crippen LogP contribution in [0.5, 0.6) is 0 Å². The van der Waals surface area contributed by atoms with E-state index in [1.54, 1.807) is 0 Å². The zero-order chi connectivity index (χ0) is 32.0. The number of aliphatic hydroxyl groups excluding tert-OH is 1. The SMILES string of the molecule is CCCCC/C=C\CCCCCCCC(=O)OC(CO)COCCCCCCCCCCCCCCCCCCCCCC. The number of rotatable bonds is 37. The topological polar surface area (TPSA) is 55.8 Å². The molecule has 1 N–H and O–H groups in total. The monoisotopic (exact) mass is 623 g/mol. The van der Waals surface area contributed by atoms with Crippen LogP contribution in [0.3, 0.4) is 0 Å². The smallest absolute Gasteiger partial charge is 0.306 e. The zero-order valence-electron chi connectivity index (χ0n) is 29.9. The lowest BCUT2D eigenvalue weighted by Gasteiger charge is -2.15. The molecule has 0 spiro atoms. The minimum atomic E-state index is -0.531. The van der Waals surface area contributed by atoms with Gasteiger partial charge in [-0.05, 0) is 38.5 Å². The van der Waals surface area contributed by atoms with Gasteiger partial charge in [0.15, 0.2) is 0 Å². The minimum Gasteiger partial charge on any atom is -0.457 e. The number of aliphatic hydroxyl groups is 1. The molecular weight excluding hydrogens is 544 g/mol. The number of carbonyl (C=O) groups excluding carboxylic acids is 1. The average molecular weight is 623 g/mol. The highest BCUT2D eigenvalue weighted by atomic mass is 16.6. The standard InChI is InChI=1S/C40H78O4/c1-3-5-7-9-11-13-15-17-18-19-20-21-22-23-24-26-28-30-32-34-36-43-38-39(37-41)44-40(42)35-33-31-29-27-25-16-14-12-10-8-6-4-2/h12,14,39,41H,3-11,13,15-38H2,1-2H3/b14-12-. The van der Waals surface area contributed by atoms with Gasteiger partial charge in [-0.2, -0.15) is 0 Å². The Balaban J connectivity index is 3.36. The molecule has 0 amide bonds. The molecule has 1 unspecified atom stereocenters. The van der Waals surface area contributed by atoms with Crippen LogP contribution in [-0.2, 0) is 14.3 Å². The van der Waals surface area contributed by atoms with Crippen LogP contribution in [-0.4, -0.2) is 37.0 Å². The fourth-order valence-corrected chi connectivity index (χ4v) is 5.85. The lowest BCUT2D eigenvalue weighted by Crippen LogP contribution is -2.27. The van der Waals surface area contributed by atoms with Crippen LogP contribution in [0.1, 0.15) is 213 Å². The van der Waals surface area contributed by atoms with E-state index in [0.717, 1.165) is 19.3 Å². The Morgan fingerprint density at radius 1 is 0.523 bits per heavy atom. The summed E-state index contributed by atoms with van der Waals surface area (Å²) >= 11 is 0. The van der Waals surface area contributed by atoms with Gasteiger partial charge < -0.3 is 14.6 Å². The second kappa shape index (κ2) is 38.3. The second-order valence-electron chi connectivity index (χ2n) is 13.4. The van der Waals surface area contributed by atoms with Crippen molar-refractivity contribution in [2.24, 2.45) is 0 Å². The number of carbonyl (C=O) groups is 1. The Bertz CT molecular complexity index is 576. The first kappa shape index (κ1) is 43.1. The molecule has 0 fully saturated rings. The highest BCUT2D eigenvalue weighted by molar-refractivity contribution is 5.69. The third kappa shape index (κ3) is 35.6. The maximum Gasteiger partial charge on any atom is 0.306 e. The molecule has 0 aromatic carbocycles. The van der Waals surface area contributed by atoms with E-state index in [2.05, 4.69) is 26.0 Å². The van der Waals surface area contributed by atoms with Crippen molar-refractivity contribution in [3.8, 4) is 0 Å². The molecule has 0 aliphatic heterocycles. The summed E-state index contributed by atoms with van der Waals surface area (Å²) in [5.74, 6) is -0.207. The first-order valence-electron chi connectivity index (χ1n) is 19.8. The van der Waals surface area contributed by atoms with E-state index < -0.39 is 6.10 Å². The van der Waals surface area contributed by atoms with Crippen molar-refractivity contribution in [3.63, 3.8) is 0 Å². The van der Waals surface area contributed by atoms with Crippen LogP contribution in [0, 0.1) is 0 Å². The lowest BCUT2D eigenvalue weighted by molar-refractivity contribution is -0.154. The molecule has 262 valence electrons. The van der Waals surface area contributed by atoms with Gasteiger partial charge >= 0.3 is 5.97 Å². The molecule has 0 aliphatic carbocycles. The second-order valence-corrected chi connectivity index (χ2v) is 13.4. The summed E-state index contributed by atoms with van der Waals surface area (Å²) in [7, 11) is 0. The van der Waals surface area contributed by atoms with Crippen LogP contribution in [0.4, 0.5) is 0 Å². The molecule has 4 heteroatoms. The van der Waals surface area contributed by atoms with Crippen molar-refractivity contribution in [2.75, 3.05) is 19.8 Å². The normalized spacial score (nSPS) is 12.3. The van der Waals surface area contributed by atoms with Crippen molar-refractivity contribution < 1.29 is 19.4 Å². The molecule has 4 nitrogen and oxygen atoms in total. The maximum atomic E-state index is 12.1. The van der Waals surface area contributed by atoms with Gasteiger partial charge in [0.1, 0.15) is 6.10 Å². The average Bonchev–Trinajstić information content (AvgIpc) is 3.03. The summed E-state index contributed by atoms with van der Waals surface area (Å²) in [5, 5.41) is 9.56. The molecule has 0 heterocycles. The minimum absolute atomic E-state index is 0.170. The quantitative estimate of drug-likeness (QED) is 0.0425. The molecule has 0 rings (SSSR count). The highest BCUT2D eigenvalue weighted by Crippen LogP contribution is 2.15. The van der Waals surface area contributed by atoms with Crippen molar-refractivity contribution in [1.29, 1.82) is 0 Å². The fourth-order valence-electron chi connectivity index (χ4n) is 5.85. The number of esters is 1. The third-order valence-electron chi connectivity index (χ3n) is 8.84. The molecule has 0 aliphatic rings. The molecule has 0 aromatic rings. The third-order valence-corrected chi connectivity index (χ3v) is 8.84. The van der Waals surface area contributed by atoms with Crippen LogP contribution >= 0.6 is 0 Å². The van der Waals surface area contributed by atoms with Gasteiger partial charge in [-0.25, -0.2) is 0 Å². The van der Waals surface area contributed by atoms with Crippen LogP contribution in [0.25, 0.3) is 0 Å². The van der Waals surface area contributed by atoms with Crippen LogP contribution in [0.15, 0.2) is 12.2 Å². The number of unbranched alkanes of at least 4 members (excludes halogenated alkanes) is 27. The summed E-state index contributed by atoms with van der Waals surface area (Å²) < 4.78 is 11.1. The Morgan fingerprint density at radius 2 is 0.886 bits per heavy atom. The number of hydrogen-bond acceptors (Lipinski definition) is 4. The van der Waals surface area contributed by atoms with E-state index in [4.69, 9.17) is 9.47 Å². The molecule has 0 saturated heterocycles. The van der Waals surface area contributed by atoms with E-state index in [-0.39, 0.29) is 12.6 Å². The summed E-state index contributed by atoms with van der Waals surface area (Å²) in [6.45, 7) is 5.35. The van der Waals surface area contributed by atoms with Gasteiger partial charge in [0.25, 0.3) is 0 Å². The van der Waals surface area contributed by atoms with Crippen molar-refractivity contribution in [1.82, 2.24) is 0 Å². The highest BCUT2D eigenvalue weighted by Gasteiger charge is 2.13. The molecule has 44 heavy (non-hydrogen) atoms. The summed E-state index contributed by atoms with van der Waals surface area (Å²) in [5.41, 5.74) is 0. The van der Waals surface area contributed by atoms with Crippen molar-refractivity contribution in [2.45, 2.75) is 219 Å². The first-order valence-corrected chi connectivity index (χ1v) is 19.8. The van der Waals surface area contributed by atoms with Gasteiger partial charge in [0.05, 0.1) is 13.2 Å². The Labute approximate surface area is 275 Å².